The number of hydrogen-bond acceptors (Lipinski definition) is 3. The third kappa shape index (κ3) is 4.04. The van der Waals surface area contributed by atoms with Gasteiger partial charge in [-0.2, -0.15) is 0 Å². The van der Waals surface area contributed by atoms with Gasteiger partial charge in [-0.25, -0.2) is 0 Å². The highest BCUT2D eigenvalue weighted by Gasteiger charge is 2.21. The summed E-state index contributed by atoms with van der Waals surface area (Å²) in [5.41, 5.74) is 12.8. The molecule has 0 atom stereocenters. The zero-order valence-corrected chi connectivity index (χ0v) is 13.2. The second-order valence-corrected chi connectivity index (χ2v) is 5.66. The molecule has 5 heteroatoms. The van der Waals surface area contributed by atoms with Gasteiger partial charge in [-0.3, -0.25) is 4.79 Å². The molecule has 1 rings (SSSR count). The maximum absolute atomic E-state index is 11.7. The predicted molar refractivity (Wildman–Crippen MR) is 86.4 cm³/mol. The molecule has 4 N–H and O–H groups in total. The minimum Gasteiger partial charge on any atom is -0.399 e. The summed E-state index contributed by atoms with van der Waals surface area (Å²) in [6, 6.07) is 3.49. The fourth-order valence-electron chi connectivity index (χ4n) is 2.26. The number of nitrogen functional groups attached to an aromatic ring is 1. The summed E-state index contributed by atoms with van der Waals surface area (Å²) in [5.74, 6) is -0.504. The number of benzene rings is 1. The summed E-state index contributed by atoms with van der Waals surface area (Å²) < 4.78 is 0. The van der Waals surface area contributed by atoms with Gasteiger partial charge in [0.1, 0.15) is 0 Å². The van der Waals surface area contributed by atoms with Gasteiger partial charge in [-0.15, -0.1) is 0 Å². The number of nitrogens with zero attached hydrogens (tertiary/aromatic N) is 1. The zero-order chi connectivity index (χ0) is 15.3. The van der Waals surface area contributed by atoms with Crippen molar-refractivity contribution >= 4 is 28.9 Å². The van der Waals surface area contributed by atoms with Gasteiger partial charge in [0, 0.05) is 18.3 Å². The minimum absolute atomic E-state index is 0.228. The van der Waals surface area contributed by atoms with Crippen LogP contribution in [0, 0.1) is 0 Å². The van der Waals surface area contributed by atoms with Gasteiger partial charge in [0.2, 0.25) is 0 Å². The van der Waals surface area contributed by atoms with Gasteiger partial charge >= 0.3 is 0 Å². The Kier molecular flexibility index (Phi) is 6.14. The molecule has 0 saturated carbocycles. The SMILES string of the molecule is CCCCCN(c1c(Cl)cc(N)cc1C(N)=O)C(C)C. The van der Waals surface area contributed by atoms with E-state index in [2.05, 4.69) is 25.7 Å². The minimum atomic E-state index is -0.504. The Balaban J connectivity index is 3.21. The van der Waals surface area contributed by atoms with Gasteiger partial charge in [0.05, 0.1) is 16.3 Å². The monoisotopic (exact) mass is 297 g/mol. The van der Waals surface area contributed by atoms with Crippen LogP contribution in [0.1, 0.15) is 50.4 Å². The van der Waals surface area contributed by atoms with Gasteiger partial charge < -0.3 is 16.4 Å². The smallest absolute Gasteiger partial charge is 0.250 e. The summed E-state index contributed by atoms with van der Waals surface area (Å²) in [7, 11) is 0. The third-order valence-electron chi connectivity index (χ3n) is 3.26. The molecular weight excluding hydrogens is 274 g/mol. The molecule has 0 aliphatic rings. The lowest BCUT2D eigenvalue weighted by Gasteiger charge is -2.31. The van der Waals surface area contributed by atoms with Gasteiger partial charge in [0.25, 0.3) is 5.91 Å². The quantitative estimate of drug-likeness (QED) is 0.598. The maximum Gasteiger partial charge on any atom is 0.250 e. The van der Waals surface area contributed by atoms with Gasteiger partial charge in [-0.1, -0.05) is 31.4 Å². The number of anilines is 2. The zero-order valence-electron chi connectivity index (χ0n) is 12.4. The van der Waals surface area contributed by atoms with Crippen LogP contribution in [0.2, 0.25) is 5.02 Å². The lowest BCUT2D eigenvalue weighted by atomic mass is 10.1. The Morgan fingerprint density at radius 1 is 1.35 bits per heavy atom. The average Bonchev–Trinajstić information content (AvgIpc) is 2.34. The number of unbranched alkanes of at least 4 members (excludes halogenated alkanes) is 2. The van der Waals surface area contributed by atoms with Crippen molar-refractivity contribution in [2.24, 2.45) is 5.73 Å². The van der Waals surface area contributed by atoms with Crippen LogP contribution in [-0.2, 0) is 0 Å². The van der Waals surface area contributed by atoms with Crippen LogP contribution < -0.4 is 16.4 Å². The van der Waals surface area contributed by atoms with Crippen LogP contribution >= 0.6 is 11.6 Å². The van der Waals surface area contributed by atoms with Crippen molar-refractivity contribution < 1.29 is 4.79 Å². The molecule has 0 spiro atoms. The molecule has 0 fully saturated rings. The molecule has 0 heterocycles. The van der Waals surface area contributed by atoms with Crippen molar-refractivity contribution in [1.29, 1.82) is 0 Å². The normalized spacial score (nSPS) is 10.8. The van der Waals surface area contributed by atoms with E-state index in [1.807, 2.05) is 0 Å². The van der Waals surface area contributed by atoms with Crippen molar-refractivity contribution in [2.45, 2.75) is 46.1 Å². The largest absolute Gasteiger partial charge is 0.399 e. The van der Waals surface area contributed by atoms with Crippen LogP contribution in [0.3, 0.4) is 0 Å². The molecule has 1 amide bonds. The molecule has 112 valence electrons. The maximum atomic E-state index is 11.7. The van der Waals surface area contributed by atoms with Crippen molar-refractivity contribution in [2.75, 3.05) is 17.2 Å². The highest BCUT2D eigenvalue weighted by Crippen LogP contribution is 2.33. The van der Waals surface area contributed by atoms with Crippen LogP contribution in [0.15, 0.2) is 12.1 Å². The number of hydrogen-bond donors (Lipinski definition) is 2. The molecule has 0 aliphatic heterocycles. The topological polar surface area (TPSA) is 72.3 Å². The summed E-state index contributed by atoms with van der Waals surface area (Å²) in [6.45, 7) is 7.15. The predicted octanol–water partition coefficient (Wildman–Crippen LogP) is 3.43. The molecule has 1 aromatic rings. The first-order valence-electron chi connectivity index (χ1n) is 7.03. The number of nitrogens with two attached hydrogens (primary N) is 2. The van der Waals surface area contributed by atoms with Crippen molar-refractivity contribution in [3.63, 3.8) is 0 Å². The first-order chi connectivity index (χ1) is 9.38. The first-order valence-corrected chi connectivity index (χ1v) is 7.41. The molecule has 0 unspecified atom stereocenters. The third-order valence-corrected chi connectivity index (χ3v) is 3.55. The molecule has 0 saturated heterocycles. The fourth-order valence-corrected chi connectivity index (χ4v) is 2.60. The number of amides is 1. The van der Waals surface area contributed by atoms with Crippen molar-refractivity contribution in [1.82, 2.24) is 0 Å². The summed E-state index contributed by atoms with van der Waals surface area (Å²) in [5, 5.41) is 0.476. The summed E-state index contributed by atoms with van der Waals surface area (Å²) >= 11 is 6.30. The molecule has 4 nitrogen and oxygen atoms in total. The fraction of sp³-hybridized carbons (Fsp3) is 0.533. The van der Waals surface area contributed by atoms with E-state index in [0.29, 0.717) is 22.0 Å². The molecule has 1 aromatic carbocycles. The molecule has 0 aromatic heterocycles. The number of primary amides is 1. The van der Waals surface area contributed by atoms with Crippen molar-refractivity contribution in [3.05, 3.63) is 22.7 Å². The molecule has 0 bridgehead atoms. The van der Waals surface area contributed by atoms with Crippen LogP contribution in [0.25, 0.3) is 0 Å². The van der Waals surface area contributed by atoms with Crippen molar-refractivity contribution in [3.8, 4) is 0 Å². The van der Waals surface area contributed by atoms with E-state index in [1.54, 1.807) is 12.1 Å². The Labute approximate surface area is 126 Å². The highest BCUT2D eigenvalue weighted by molar-refractivity contribution is 6.34. The summed E-state index contributed by atoms with van der Waals surface area (Å²) in [6.07, 6.45) is 3.33. The Morgan fingerprint density at radius 3 is 2.50 bits per heavy atom. The van der Waals surface area contributed by atoms with E-state index in [9.17, 15) is 4.79 Å². The second kappa shape index (κ2) is 7.39. The molecular formula is C15H24ClN3O. The average molecular weight is 298 g/mol. The number of carbonyl (C=O) groups is 1. The summed E-state index contributed by atoms with van der Waals surface area (Å²) in [4.78, 5) is 13.8. The molecule has 0 radical (unpaired) electrons. The van der Waals surface area contributed by atoms with E-state index < -0.39 is 5.91 Å². The molecule has 0 aliphatic carbocycles. The van der Waals surface area contributed by atoms with E-state index in [4.69, 9.17) is 23.1 Å². The van der Waals surface area contributed by atoms with E-state index in [-0.39, 0.29) is 6.04 Å². The van der Waals surface area contributed by atoms with Crippen LogP contribution in [-0.4, -0.2) is 18.5 Å². The Morgan fingerprint density at radius 2 is 2.00 bits per heavy atom. The number of rotatable bonds is 7. The Bertz CT molecular complexity index is 474. The van der Waals surface area contributed by atoms with E-state index in [1.165, 1.54) is 0 Å². The van der Waals surface area contributed by atoms with Gasteiger partial charge in [-0.05, 0) is 32.4 Å². The van der Waals surface area contributed by atoms with E-state index in [0.717, 1.165) is 25.8 Å². The van der Waals surface area contributed by atoms with Crippen LogP contribution in [0.5, 0.6) is 0 Å². The van der Waals surface area contributed by atoms with Crippen LogP contribution in [0.4, 0.5) is 11.4 Å². The van der Waals surface area contributed by atoms with Gasteiger partial charge in [0.15, 0.2) is 0 Å². The second-order valence-electron chi connectivity index (χ2n) is 5.26. The lowest BCUT2D eigenvalue weighted by Crippen LogP contribution is -2.34. The molecule has 20 heavy (non-hydrogen) atoms. The standard InChI is InChI=1S/C15H24ClN3O/c1-4-5-6-7-19(10(2)3)14-12(15(18)20)8-11(17)9-13(14)16/h8-10H,4-7,17H2,1-3H3,(H2,18,20). The highest BCUT2D eigenvalue weighted by atomic mass is 35.5. The first kappa shape index (κ1) is 16.6. The Hall–Kier alpha value is -1.42. The number of carbonyl (C=O) groups excluding carboxylic acids is 1. The van der Waals surface area contributed by atoms with E-state index >= 15 is 0 Å². The lowest BCUT2D eigenvalue weighted by molar-refractivity contribution is 0.100. The number of halogens is 1.